The van der Waals surface area contributed by atoms with Crippen LogP contribution in [-0.4, -0.2) is 6.04 Å². The average Bonchev–Trinajstić information content (AvgIpc) is 2.58. The third-order valence-electron chi connectivity index (χ3n) is 3.61. The molecule has 2 N–H and O–H groups in total. The van der Waals surface area contributed by atoms with Crippen molar-refractivity contribution in [3.8, 4) is 0 Å². The van der Waals surface area contributed by atoms with Crippen molar-refractivity contribution in [2.75, 3.05) is 0 Å². The van der Waals surface area contributed by atoms with Crippen molar-refractivity contribution in [2.45, 2.75) is 45.6 Å². The minimum absolute atomic E-state index is 0.197. The van der Waals surface area contributed by atoms with Crippen LogP contribution in [0.25, 0.3) is 0 Å². The molecule has 0 bridgehead atoms. The molecule has 0 aromatic heterocycles. The van der Waals surface area contributed by atoms with Gasteiger partial charge in [-0.05, 0) is 29.4 Å². The van der Waals surface area contributed by atoms with Crippen LogP contribution in [-0.2, 0) is 6.42 Å². The number of rotatable bonds is 1. The fraction of sp³-hybridized carbons (Fsp3) is 0.571. The Balaban J connectivity index is 2.28. The second kappa shape index (κ2) is 3.64. The van der Waals surface area contributed by atoms with Gasteiger partial charge in [-0.2, -0.15) is 0 Å². The summed E-state index contributed by atoms with van der Waals surface area (Å²) in [6, 6.07) is 9.01. The first-order valence-corrected chi connectivity index (χ1v) is 5.83. The number of fused-ring (bicyclic) bond motifs is 1. The van der Waals surface area contributed by atoms with E-state index in [4.69, 9.17) is 5.73 Å². The summed E-state index contributed by atoms with van der Waals surface area (Å²) in [6.07, 6.45) is 2.42. The van der Waals surface area contributed by atoms with E-state index in [1.54, 1.807) is 0 Å². The quantitative estimate of drug-likeness (QED) is 0.745. The fourth-order valence-corrected chi connectivity index (χ4v) is 2.57. The van der Waals surface area contributed by atoms with Crippen LogP contribution in [0.15, 0.2) is 24.3 Å². The molecule has 1 aliphatic carbocycles. The number of hydrogen-bond acceptors (Lipinski definition) is 1. The lowest BCUT2D eigenvalue weighted by Crippen LogP contribution is -2.39. The molecule has 0 aliphatic heterocycles. The summed E-state index contributed by atoms with van der Waals surface area (Å²) in [5, 5.41) is 0. The molecule has 1 aromatic rings. The lowest BCUT2D eigenvalue weighted by atomic mass is 9.77. The second-order valence-corrected chi connectivity index (χ2v) is 5.74. The topological polar surface area (TPSA) is 26.0 Å². The fourth-order valence-electron chi connectivity index (χ4n) is 2.57. The van der Waals surface area contributed by atoms with Gasteiger partial charge in [0.15, 0.2) is 0 Å². The van der Waals surface area contributed by atoms with E-state index >= 15 is 0 Å². The molecule has 2 atom stereocenters. The van der Waals surface area contributed by atoms with E-state index < -0.39 is 0 Å². The highest BCUT2D eigenvalue weighted by molar-refractivity contribution is 5.36. The molecule has 2 unspecified atom stereocenters. The molecule has 2 rings (SSSR count). The summed E-state index contributed by atoms with van der Waals surface area (Å²) >= 11 is 0. The van der Waals surface area contributed by atoms with Gasteiger partial charge >= 0.3 is 0 Å². The molecule has 1 aliphatic rings. The van der Waals surface area contributed by atoms with Crippen molar-refractivity contribution in [3.63, 3.8) is 0 Å². The van der Waals surface area contributed by atoms with Crippen molar-refractivity contribution < 1.29 is 0 Å². The Hall–Kier alpha value is -0.820. The van der Waals surface area contributed by atoms with Crippen molar-refractivity contribution >= 4 is 0 Å². The van der Waals surface area contributed by atoms with Crippen molar-refractivity contribution in [1.29, 1.82) is 0 Å². The summed E-state index contributed by atoms with van der Waals surface area (Å²) in [5.74, 6) is 0.557. The molecule has 0 saturated carbocycles. The Kier molecular flexibility index (Phi) is 2.59. The third-order valence-corrected chi connectivity index (χ3v) is 3.61. The number of hydrogen-bond donors (Lipinski definition) is 1. The van der Waals surface area contributed by atoms with E-state index in [0.717, 1.165) is 0 Å². The molecule has 15 heavy (non-hydrogen) atoms. The van der Waals surface area contributed by atoms with Crippen LogP contribution in [0.1, 0.15) is 44.2 Å². The van der Waals surface area contributed by atoms with Gasteiger partial charge in [0, 0.05) is 12.0 Å². The van der Waals surface area contributed by atoms with Crippen LogP contribution in [0.3, 0.4) is 0 Å². The van der Waals surface area contributed by atoms with Crippen LogP contribution in [0.4, 0.5) is 0 Å². The maximum atomic E-state index is 6.37. The number of nitrogens with two attached hydrogens (primary N) is 1. The minimum Gasteiger partial charge on any atom is -0.327 e. The molecule has 1 aromatic carbocycles. The first kappa shape index (κ1) is 10.7. The number of benzene rings is 1. The van der Waals surface area contributed by atoms with Gasteiger partial charge < -0.3 is 5.73 Å². The van der Waals surface area contributed by atoms with Crippen molar-refractivity contribution in [1.82, 2.24) is 0 Å². The van der Waals surface area contributed by atoms with Crippen LogP contribution in [0.5, 0.6) is 0 Å². The van der Waals surface area contributed by atoms with Crippen molar-refractivity contribution in [2.24, 2.45) is 11.1 Å². The predicted octanol–water partition coefficient (Wildman–Crippen LogP) is 3.09. The smallest absolute Gasteiger partial charge is 0.0157 e. The zero-order valence-corrected chi connectivity index (χ0v) is 9.96. The maximum absolute atomic E-state index is 6.37. The highest BCUT2D eigenvalue weighted by atomic mass is 14.7. The van der Waals surface area contributed by atoms with Gasteiger partial charge in [0.05, 0.1) is 0 Å². The Labute approximate surface area is 92.7 Å². The van der Waals surface area contributed by atoms with Crippen molar-refractivity contribution in [3.05, 3.63) is 35.4 Å². The molecule has 0 saturated heterocycles. The molecule has 0 fully saturated rings. The summed E-state index contributed by atoms with van der Waals surface area (Å²) in [4.78, 5) is 0. The SMILES string of the molecule is CC(C)(C)C(N)C1CCc2ccccc21. The zero-order chi connectivity index (χ0) is 11.1. The lowest BCUT2D eigenvalue weighted by molar-refractivity contribution is 0.279. The van der Waals surface area contributed by atoms with E-state index in [1.807, 2.05) is 0 Å². The highest BCUT2D eigenvalue weighted by Crippen LogP contribution is 2.39. The van der Waals surface area contributed by atoms with Gasteiger partial charge in [-0.25, -0.2) is 0 Å². The molecule has 0 spiro atoms. The monoisotopic (exact) mass is 203 g/mol. The van der Waals surface area contributed by atoms with Crippen LogP contribution in [0.2, 0.25) is 0 Å². The van der Waals surface area contributed by atoms with E-state index in [-0.39, 0.29) is 11.5 Å². The van der Waals surface area contributed by atoms with E-state index in [9.17, 15) is 0 Å². The van der Waals surface area contributed by atoms with Crippen LogP contribution in [0, 0.1) is 5.41 Å². The summed E-state index contributed by atoms with van der Waals surface area (Å²) in [5.41, 5.74) is 9.56. The molecule has 0 heterocycles. The van der Waals surface area contributed by atoms with Crippen LogP contribution >= 0.6 is 0 Å². The Morgan fingerprint density at radius 3 is 2.60 bits per heavy atom. The number of aryl methyl sites for hydroxylation is 1. The second-order valence-electron chi connectivity index (χ2n) is 5.74. The zero-order valence-electron chi connectivity index (χ0n) is 9.96. The van der Waals surface area contributed by atoms with Gasteiger partial charge in [0.2, 0.25) is 0 Å². The van der Waals surface area contributed by atoms with E-state index in [1.165, 1.54) is 24.0 Å². The highest BCUT2D eigenvalue weighted by Gasteiger charge is 2.33. The first-order chi connectivity index (χ1) is 7.00. The summed E-state index contributed by atoms with van der Waals surface area (Å²) in [7, 11) is 0. The molecule has 82 valence electrons. The van der Waals surface area contributed by atoms with Gasteiger partial charge in [0.25, 0.3) is 0 Å². The Morgan fingerprint density at radius 2 is 1.93 bits per heavy atom. The van der Waals surface area contributed by atoms with E-state index in [2.05, 4.69) is 45.0 Å². The standard InChI is InChI=1S/C14H21N/c1-14(2,3)13(15)12-9-8-10-6-4-5-7-11(10)12/h4-7,12-13H,8-9,15H2,1-3H3. The minimum atomic E-state index is 0.197. The van der Waals surface area contributed by atoms with E-state index in [0.29, 0.717) is 5.92 Å². The first-order valence-electron chi connectivity index (χ1n) is 5.83. The van der Waals surface area contributed by atoms with Gasteiger partial charge in [-0.15, -0.1) is 0 Å². The van der Waals surface area contributed by atoms with Gasteiger partial charge in [0.1, 0.15) is 0 Å². The molecule has 1 heteroatoms. The largest absolute Gasteiger partial charge is 0.327 e. The average molecular weight is 203 g/mol. The molecular formula is C14H21N. The summed E-state index contributed by atoms with van der Waals surface area (Å²) in [6.45, 7) is 6.70. The normalized spacial score (nSPS) is 22.5. The Bertz CT molecular complexity index is 349. The predicted molar refractivity (Wildman–Crippen MR) is 64.9 cm³/mol. The molecular weight excluding hydrogens is 182 g/mol. The summed E-state index contributed by atoms with van der Waals surface area (Å²) < 4.78 is 0. The Morgan fingerprint density at radius 1 is 1.27 bits per heavy atom. The third kappa shape index (κ3) is 1.93. The molecule has 1 nitrogen and oxygen atoms in total. The molecule has 0 amide bonds. The maximum Gasteiger partial charge on any atom is 0.0157 e. The van der Waals surface area contributed by atoms with Gasteiger partial charge in [-0.3, -0.25) is 0 Å². The van der Waals surface area contributed by atoms with Crippen LogP contribution < -0.4 is 5.73 Å². The lowest BCUT2D eigenvalue weighted by Gasteiger charge is -2.32. The molecule has 0 radical (unpaired) electrons. The van der Waals surface area contributed by atoms with Gasteiger partial charge in [-0.1, -0.05) is 45.0 Å².